The molecule has 0 N–H and O–H groups in total. The van der Waals surface area contributed by atoms with Gasteiger partial charge in [-0.2, -0.15) is 0 Å². The normalized spacial score (nSPS) is 9.87. The van der Waals surface area contributed by atoms with E-state index < -0.39 is 28.2 Å². The molecule has 0 radical (unpaired) electrons. The zero-order chi connectivity index (χ0) is 11.6. The third-order valence-corrected chi connectivity index (χ3v) is 2.43. The van der Waals surface area contributed by atoms with Crippen LogP contribution in [0.2, 0.25) is 10.0 Å². The number of methoxy groups -OCH3 is 1. The van der Waals surface area contributed by atoms with E-state index in [1.807, 2.05) is 0 Å². The van der Waals surface area contributed by atoms with Gasteiger partial charge < -0.3 is 4.74 Å². The minimum atomic E-state index is -1.16. The Labute approximate surface area is 94.7 Å². The summed E-state index contributed by atoms with van der Waals surface area (Å²) in [4.78, 5) is 22.1. The van der Waals surface area contributed by atoms with Crippen LogP contribution in [0.25, 0.3) is 0 Å². The van der Waals surface area contributed by atoms with Gasteiger partial charge in [-0.15, -0.1) is 0 Å². The van der Waals surface area contributed by atoms with Crippen molar-refractivity contribution < 1.29 is 18.7 Å². The summed E-state index contributed by atoms with van der Waals surface area (Å²) < 4.78 is 17.5. The van der Waals surface area contributed by atoms with Crippen LogP contribution in [0.3, 0.4) is 0 Å². The number of halogens is 3. The molecule has 0 amide bonds. The Kier molecular flexibility index (Phi) is 3.66. The second-order valence-electron chi connectivity index (χ2n) is 2.54. The van der Waals surface area contributed by atoms with Crippen molar-refractivity contribution in [1.82, 2.24) is 0 Å². The quantitative estimate of drug-likeness (QED) is 0.351. The molecular weight excluding hydrogens is 246 g/mol. The lowest BCUT2D eigenvalue weighted by atomic mass is 10.1. The lowest BCUT2D eigenvalue weighted by Gasteiger charge is -2.03. The minimum absolute atomic E-state index is 0.0319. The molecule has 0 saturated carbocycles. The van der Waals surface area contributed by atoms with Gasteiger partial charge in [0.05, 0.1) is 22.7 Å². The van der Waals surface area contributed by atoms with Gasteiger partial charge in [0.25, 0.3) is 5.78 Å². The first-order chi connectivity index (χ1) is 6.99. The molecular formula is C9H5Cl2FO3. The second-order valence-corrected chi connectivity index (χ2v) is 3.33. The Balaban J connectivity index is 3.22. The molecule has 0 aliphatic heterocycles. The first-order valence-electron chi connectivity index (χ1n) is 3.75. The average Bonchev–Trinajstić information content (AvgIpc) is 2.24. The highest BCUT2D eigenvalue weighted by atomic mass is 35.5. The van der Waals surface area contributed by atoms with Crippen molar-refractivity contribution in [1.29, 1.82) is 0 Å². The Bertz CT molecular complexity index is 432. The largest absolute Gasteiger partial charge is 0.463 e. The number of esters is 1. The molecule has 0 bridgehead atoms. The molecule has 80 valence electrons. The second kappa shape index (κ2) is 4.59. The van der Waals surface area contributed by atoms with Gasteiger partial charge in [-0.05, 0) is 12.1 Å². The van der Waals surface area contributed by atoms with Crippen LogP contribution >= 0.6 is 23.2 Å². The van der Waals surface area contributed by atoms with E-state index in [4.69, 9.17) is 23.2 Å². The zero-order valence-corrected chi connectivity index (χ0v) is 9.03. The van der Waals surface area contributed by atoms with Gasteiger partial charge in [-0.25, -0.2) is 9.18 Å². The molecule has 1 rings (SSSR count). The molecule has 0 aromatic heterocycles. The van der Waals surface area contributed by atoms with E-state index in [-0.39, 0.29) is 5.02 Å². The number of ketones is 1. The van der Waals surface area contributed by atoms with Crippen LogP contribution < -0.4 is 0 Å². The Morgan fingerprint density at radius 1 is 1.33 bits per heavy atom. The molecule has 3 nitrogen and oxygen atoms in total. The molecule has 1 aromatic rings. The van der Waals surface area contributed by atoms with Gasteiger partial charge in [0, 0.05) is 0 Å². The smallest absolute Gasteiger partial charge is 0.379 e. The maximum Gasteiger partial charge on any atom is 0.379 e. The van der Waals surface area contributed by atoms with E-state index in [0.717, 1.165) is 13.2 Å². The molecule has 0 unspecified atom stereocenters. The highest BCUT2D eigenvalue weighted by Crippen LogP contribution is 2.27. The van der Waals surface area contributed by atoms with Crippen LogP contribution in [0.1, 0.15) is 10.4 Å². The number of carbonyl (C=O) groups excluding carboxylic acids is 2. The number of rotatable bonds is 2. The lowest BCUT2D eigenvalue weighted by Crippen LogP contribution is -2.17. The molecule has 0 heterocycles. The van der Waals surface area contributed by atoms with E-state index in [1.54, 1.807) is 0 Å². The number of carbonyl (C=O) groups is 2. The Morgan fingerprint density at radius 3 is 2.47 bits per heavy atom. The van der Waals surface area contributed by atoms with Gasteiger partial charge in [-0.1, -0.05) is 23.2 Å². The van der Waals surface area contributed by atoms with Crippen molar-refractivity contribution >= 4 is 35.0 Å². The summed E-state index contributed by atoms with van der Waals surface area (Å²) in [7, 11) is 1.02. The number of hydrogen-bond donors (Lipinski definition) is 0. The van der Waals surface area contributed by atoms with E-state index in [0.29, 0.717) is 0 Å². The van der Waals surface area contributed by atoms with Gasteiger partial charge >= 0.3 is 5.97 Å². The fourth-order valence-electron chi connectivity index (χ4n) is 0.904. The average molecular weight is 251 g/mol. The van der Waals surface area contributed by atoms with Gasteiger partial charge in [0.15, 0.2) is 5.82 Å². The third kappa shape index (κ3) is 2.27. The van der Waals surface area contributed by atoms with Crippen LogP contribution in [0.5, 0.6) is 0 Å². The SMILES string of the molecule is COC(=O)C(=O)c1ccc(Cl)c(Cl)c1F. The third-order valence-electron chi connectivity index (χ3n) is 1.65. The predicted octanol–water partition coefficient (Wildman–Crippen LogP) is 2.49. The van der Waals surface area contributed by atoms with Crippen LogP contribution in [0.15, 0.2) is 12.1 Å². The summed E-state index contributed by atoms with van der Waals surface area (Å²) in [6, 6.07) is 2.30. The molecule has 0 spiro atoms. The van der Waals surface area contributed by atoms with Crippen molar-refractivity contribution in [3.05, 3.63) is 33.6 Å². The zero-order valence-electron chi connectivity index (χ0n) is 7.51. The highest BCUT2D eigenvalue weighted by Gasteiger charge is 2.23. The van der Waals surface area contributed by atoms with Crippen molar-refractivity contribution in [2.24, 2.45) is 0 Å². The summed E-state index contributed by atoms with van der Waals surface area (Å²) in [5.74, 6) is -3.29. The standard InChI is InChI=1S/C9H5Cl2FO3/c1-15-9(14)8(13)4-2-3-5(10)6(11)7(4)12/h2-3H,1H3. The van der Waals surface area contributed by atoms with E-state index in [1.165, 1.54) is 6.07 Å². The van der Waals surface area contributed by atoms with Crippen LogP contribution in [0, 0.1) is 5.82 Å². The monoisotopic (exact) mass is 250 g/mol. The van der Waals surface area contributed by atoms with E-state index in [2.05, 4.69) is 4.74 Å². The molecule has 6 heteroatoms. The number of ether oxygens (including phenoxy) is 1. The first-order valence-corrected chi connectivity index (χ1v) is 4.50. The maximum atomic E-state index is 13.4. The van der Waals surface area contributed by atoms with Crippen LogP contribution in [0.4, 0.5) is 4.39 Å². The maximum absolute atomic E-state index is 13.4. The Morgan fingerprint density at radius 2 is 1.93 bits per heavy atom. The fourth-order valence-corrected chi connectivity index (χ4v) is 1.21. The molecule has 0 atom stereocenters. The van der Waals surface area contributed by atoms with Gasteiger partial charge in [0.1, 0.15) is 0 Å². The molecule has 0 saturated heterocycles. The van der Waals surface area contributed by atoms with Crippen molar-refractivity contribution in [3.8, 4) is 0 Å². The van der Waals surface area contributed by atoms with Crippen molar-refractivity contribution in [2.75, 3.05) is 7.11 Å². The van der Waals surface area contributed by atoms with Crippen LogP contribution in [-0.2, 0) is 9.53 Å². The van der Waals surface area contributed by atoms with E-state index >= 15 is 0 Å². The van der Waals surface area contributed by atoms with Gasteiger partial charge in [-0.3, -0.25) is 4.79 Å². The van der Waals surface area contributed by atoms with Crippen molar-refractivity contribution in [3.63, 3.8) is 0 Å². The highest BCUT2D eigenvalue weighted by molar-refractivity contribution is 6.44. The topological polar surface area (TPSA) is 43.4 Å². The Hall–Kier alpha value is -1.13. The summed E-state index contributed by atoms with van der Waals surface area (Å²) in [6.07, 6.45) is 0. The summed E-state index contributed by atoms with van der Waals surface area (Å²) in [5.41, 5.74) is -0.462. The summed E-state index contributed by atoms with van der Waals surface area (Å²) >= 11 is 11.0. The number of benzene rings is 1. The van der Waals surface area contributed by atoms with Gasteiger partial charge in [0.2, 0.25) is 0 Å². The summed E-state index contributed by atoms with van der Waals surface area (Å²) in [5, 5.41) is -0.429. The predicted molar refractivity (Wildman–Crippen MR) is 52.8 cm³/mol. The number of Topliss-reactive ketones (excluding diaryl/α,β-unsaturated/α-hetero) is 1. The molecule has 1 aromatic carbocycles. The lowest BCUT2D eigenvalue weighted by molar-refractivity contribution is -0.135. The molecule has 0 aliphatic carbocycles. The van der Waals surface area contributed by atoms with E-state index in [9.17, 15) is 14.0 Å². The summed E-state index contributed by atoms with van der Waals surface area (Å²) in [6.45, 7) is 0. The fraction of sp³-hybridized carbons (Fsp3) is 0.111. The molecule has 0 aliphatic rings. The van der Waals surface area contributed by atoms with Crippen molar-refractivity contribution in [2.45, 2.75) is 0 Å². The molecule has 0 fully saturated rings. The minimum Gasteiger partial charge on any atom is -0.463 e. The molecule has 15 heavy (non-hydrogen) atoms. The number of hydrogen-bond acceptors (Lipinski definition) is 3. The first kappa shape index (κ1) is 11.9. The van der Waals surface area contributed by atoms with Crippen LogP contribution in [-0.4, -0.2) is 18.9 Å².